The van der Waals surface area contributed by atoms with Gasteiger partial charge in [0.25, 0.3) is 0 Å². The van der Waals surface area contributed by atoms with Gasteiger partial charge in [-0.05, 0) is 36.8 Å². The molecule has 3 heteroatoms. The van der Waals surface area contributed by atoms with Gasteiger partial charge in [0.05, 0.1) is 11.4 Å². The highest BCUT2D eigenvalue weighted by atomic mass is 79.9. The second kappa shape index (κ2) is 5.83. The minimum absolute atomic E-state index is 1.00. The lowest BCUT2D eigenvalue weighted by Crippen LogP contribution is -2.12. The van der Waals surface area contributed by atoms with Gasteiger partial charge in [-0.1, -0.05) is 46.3 Å². The van der Waals surface area contributed by atoms with E-state index in [1.165, 1.54) is 0 Å². The van der Waals surface area contributed by atoms with Crippen LogP contribution in [0.2, 0.25) is 0 Å². The Bertz CT molecular complexity index is 532. The van der Waals surface area contributed by atoms with Crippen LogP contribution < -0.4 is 5.01 Å². The van der Waals surface area contributed by atoms with E-state index in [1.807, 2.05) is 61.4 Å². The van der Waals surface area contributed by atoms with E-state index in [9.17, 15) is 0 Å². The van der Waals surface area contributed by atoms with Crippen molar-refractivity contribution in [2.24, 2.45) is 5.10 Å². The third-order valence-corrected chi connectivity index (χ3v) is 3.22. The minimum Gasteiger partial charge on any atom is -0.268 e. The number of hydrogen-bond acceptors (Lipinski definition) is 2. The summed E-state index contributed by atoms with van der Waals surface area (Å²) in [5.41, 5.74) is 3.20. The predicted octanol–water partition coefficient (Wildman–Crippen LogP) is 4.31. The third kappa shape index (κ3) is 3.20. The maximum Gasteiger partial charge on any atom is 0.0650 e. The summed E-state index contributed by atoms with van der Waals surface area (Å²) in [6.07, 6.45) is 0. The Hall–Kier alpha value is -1.61. The summed E-state index contributed by atoms with van der Waals surface area (Å²) in [6.45, 7) is 2.02. The normalized spacial score (nSPS) is 11.4. The molecule has 0 radical (unpaired) electrons. The van der Waals surface area contributed by atoms with Gasteiger partial charge in [0.1, 0.15) is 0 Å². The first kappa shape index (κ1) is 12.8. The molecule has 0 aromatic heterocycles. The monoisotopic (exact) mass is 302 g/mol. The van der Waals surface area contributed by atoms with Gasteiger partial charge in [-0.3, -0.25) is 5.01 Å². The summed E-state index contributed by atoms with van der Waals surface area (Å²) in [5, 5.41) is 6.47. The summed E-state index contributed by atoms with van der Waals surface area (Å²) in [7, 11) is 1.95. The van der Waals surface area contributed by atoms with Crippen LogP contribution >= 0.6 is 15.9 Å². The fourth-order valence-electron chi connectivity index (χ4n) is 1.68. The second-order valence-electron chi connectivity index (χ2n) is 4.05. The Balaban J connectivity index is 2.20. The molecular weight excluding hydrogens is 288 g/mol. The summed E-state index contributed by atoms with van der Waals surface area (Å²) in [6, 6.07) is 18.3. The van der Waals surface area contributed by atoms with Crippen LogP contribution in [0.5, 0.6) is 0 Å². The van der Waals surface area contributed by atoms with Crippen molar-refractivity contribution >= 4 is 27.3 Å². The molecule has 0 saturated carbocycles. The van der Waals surface area contributed by atoms with Crippen LogP contribution in [0.4, 0.5) is 5.69 Å². The van der Waals surface area contributed by atoms with Gasteiger partial charge in [-0.2, -0.15) is 5.10 Å². The minimum atomic E-state index is 1.00. The molecule has 0 amide bonds. The quantitative estimate of drug-likeness (QED) is 0.609. The van der Waals surface area contributed by atoms with E-state index in [0.29, 0.717) is 0 Å². The summed E-state index contributed by atoms with van der Waals surface area (Å²) in [5.74, 6) is 0. The third-order valence-electron chi connectivity index (χ3n) is 2.69. The molecule has 0 saturated heterocycles. The molecule has 0 atom stereocenters. The average molecular weight is 303 g/mol. The molecule has 0 aliphatic rings. The molecule has 18 heavy (non-hydrogen) atoms. The van der Waals surface area contributed by atoms with Gasteiger partial charge in [-0.25, -0.2) is 0 Å². The molecule has 0 heterocycles. The second-order valence-corrected chi connectivity index (χ2v) is 4.97. The molecule has 0 unspecified atom stereocenters. The molecule has 2 aromatic carbocycles. The Labute approximate surface area is 116 Å². The molecular formula is C15H15BrN2. The number of nitrogens with zero attached hydrogens (tertiary/aromatic N) is 2. The van der Waals surface area contributed by atoms with Crippen molar-refractivity contribution in [3.63, 3.8) is 0 Å². The van der Waals surface area contributed by atoms with Crippen LogP contribution in [0.15, 0.2) is 64.2 Å². The van der Waals surface area contributed by atoms with E-state index in [-0.39, 0.29) is 0 Å². The molecule has 2 nitrogen and oxygen atoms in total. The first-order valence-electron chi connectivity index (χ1n) is 5.77. The van der Waals surface area contributed by atoms with Crippen molar-refractivity contribution in [3.8, 4) is 0 Å². The van der Waals surface area contributed by atoms with Crippen LogP contribution in [0.3, 0.4) is 0 Å². The number of rotatable bonds is 3. The van der Waals surface area contributed by atoms with Crippen molar-refractivity contribution in [2.75, 3.05) is 12.1 Å². The van der Waals surface area contributed by atoms with Gasteiger partial charge in [-0.15, -0.1) is 0 Å². The van der Waals surface area contributed by atoms with E-state index >= 15 is 0 Å². The lowest BCUT2D eigenvalue weighted by atomic mass is 10.1. The van der Waals surface area contributed by atoms with E-state index < -0.39 is 0 Å². The maximum atomic E-state index is 4.58. The largest absolute Gasteiger partial charge is 0.268 e. The fraction of sp³-hybridized carbons (Fsp3) is 0.133. The van der Waals surface area contributed by atoms with Crippen molar-refractivity contribution in [2.45, 2.75) is 6.92 Å². The zero-order valence-electron chi connectivity index (χ0n) is 10.5. The van der Waals surface area contributed by atoms with Crippen molar-refractivity contribution in [1.29, 1.82) is 0 Å². The standard InChI is InChI=1S/C15H15BrN2/c1-12(13-6-4-3-5-7-13)17-18(2)15-10-8-14(16)9-11-15/h3-11H,1-2H3/b17-12+. The molecule has 2 rings (SSSR count). The molecule has 0 aliphatic carbocycles. The van der Waals surface area contributed by atoms with E-state index in [1.54, 1.807) is 0 Å². The van der Waals surface area contributed by atoms with Gasteiger partial charge in [0.2, 0.25) is 0 Å². The summed E-state index contributed by atoms with van der Waals surface area (Å²) in [4.78, 5) is 0. The Morgan fingerprint density at radius 1 is 1.00 bits per heavy atom. The number of hydrogen-bond donors (Lipinski definition) is 0. The zero-order valence-corrected chi connectivity index (χ0v) is 12.1. The van der Waals surface area contributed by atoms with E-state index in [2.05, 4.69) is 33.2 Å². The molecule has 92 valence electrons. The van der Waals surface area contributed by atoms with Gasteiger partial charge >= 0.3 is 0 Å². The molecule has 0 N–H and O–H groups in total. The first-order valence-corrected chi connectivity index (χ1v) is 6.56. The lowest BCUT2D eigenvalue weighted by molar-refractivity contribution is 1.01. The predicted molar refractivity (Wildman–Crippen MR) is 81.2 cm³/mol. The Morgan fingerprint density at radius 2 is 1.61 bits per heavy atom. The Kier molecular flexibility index (Phi) is 4.15. The smallest absolute Gasteiger partial charge is 0.0650 e. The fourth-order valence-corrected chi connectivity index (χ4v) is 1.94. The number of benzene rings is 2. The Morgan fingerprint density at radius 3 is 2.22 bits per heavy atom. The van der Waals surface area contributed by atoms with Crippen LogP contribution in [-0.2, 0) is 0 Å². The average Bonchev–Trinajstić information content (AvgIpc) is 2.40. The molecule has 2 aromatic rings. The van der Waals surface area contributed by atoms with Crippen LogP contribution in [0, 0.1) is 0 Å². The van der Waals surface area contributed by atoms with Gasteiger partial charge in [0.15, 0.2) is 0 Å². The highest BCUT2D eigenvalue weighted by Gasteiger charge is 2.01. The maximum absolute atomic E-state index is 4.58. The number of anilines is 1. The van der Waals surface area contributed by atoms with Crippen LogP contribution in [0.1, 0.15) is 12.5 Å². The first-order chi connectivity index (χ1) is 8.66. The summed E-state index contributed by atoms with van der Waals surface area (Å²) < 4.78 is 1.07. The van der Waals surface area contributed by atoms with Crippen LogP contribution in [-0.4, -0.2) is 12.8 Å². The highest BCUT2D eigenvalue weighted by Crippen LogP contribution is 2.17. The van der Waals surface area contributed by atoms with E-state index in [0.717, 1.165) is 21.4 Å². The highest BCUT2D eigenvalue weighted by molar-refractivity contribution is 9.10. The zero-order chi connectivity index (χ0) is 13.0. The number of halogens is 1. The summed E-state index contributed by atoms with van der Waals surface area (Å²) >= 11 is 3.43. The molecule has 0 fully saturated rings. The van der Waals surface area contributed by atoms with Crippen molar-refractivity contribution in [1.82, 2.24) is 0 Å². The lowest BCUT2D eigenvalue weighted by Gasteiger charge is -2.14. The van der Waals surface area contributed by atoms with Crippen molar-refractivity contribution in [3.05, 3.63) is 64.6 Å². The number of hydrazone groups is 1. The van der Waals surface area contributed by atoms with Gasteiger partial charge < -0.3 is 0 Å². The van der Waals surface area contributed by atoms with E-state index in [4.69, 9.17) is 0 Å². The van der Waals surface area contributed by atoms with Crippen molar-refractivity contribution < 1.29 is 0 Å². The molecule has 0 spiro atoms. The SMILES string of the molecule is C/C(=N\N(C)c1ccc(Br)cc1)c1ccccc1. The van der Waals surface area contributed by atoms with Gasteiger partial charge in [0, 0.05) is 11.5 Å². The van der Waals surface area contributed by atoms with Crippen LogP contribution in [0.25, 0.3) is 0 Å². The topological polar surface area (TPSA) is 15.6 Å². The molecule has 0 aliphatic heterocycles. The molecule has 0 bridgehead atoms.